The van der Waals surface area contributed by atoms with Crippen molar-refractivity contribution < 1.29 is 4.79 Å². The van der Waals surface area contributed by atoms with Crippen molar-refractivity contribution in [2.75, 3.05) is 28.7 Å². The lowest BCUT2D eigenvalue weighted by atomic mass is 10.1. The van der Waals surface area contributed by atoms with Crippen LogP contribution in [0.15, 0.2) is 24.3 Å². The number of hydrogen-bond acceptors (Lipinski definition) is 4. The first-order chi connectivity index (χ1) is 10.1. The summed E-state index contributed by atoms with van der Waals surface area (Å²) >= 11 is 1.81. The molecule has 1 atom stereocenters. The van der Waals surface area contributed by atoms with E-state index in [4.69, 9.17) is 11.5 Å². The molecule has 1 amide bonds. The number of nitrogen functional groups attached to an aromatic ring is 1. The molecule has 4 N–H and O–H groups in total. The Morgan fingerprint density at radius 3 is 2.76 bits per heavy atom. The van der Waals surface area contributed by atoms with Crippen molar-refractivity contribution >= 4 is 29.0 Å². The molecule has 118 valence electrons. The summed E-state index contributed by atoms with van der Waals surface area (Å²) in [6.45, 7) is 4.91. The van der Waals surface area contributed by atoms with Crippen LogP contribution in [-0.4, -0.2) is 30.0 Å². The average Bonchev–Trinajstić information content (AvgIpc) is 2.47. The molecule has 5 heteroatoms. The van der Waals surface area contributed by atoms with Crippen LogP contribution in [0.5, 0.6) is 0 Å². The molecule has 0 unspecified atom stereocenters. The van der Waals surface area contributed by atoms with Crippen molar-refractivity contribution in [1.82, 2.24) is 0 Å². The highest BCUT2D eigenvalue weighted by molar-refractivity contribution is 7.99. The number of carbonyl (C=O) groups excluding carboxylic acids is 1. The maximum atomic E-state index is 12.6. The normalized spacial score (nSPS) is 12.1. The number of anilines is 2. The summed E-state index contributed by atoms with van der Waals surface area (Å²) in [4.78, 5) is 14.4. The van der Waals surface area contributed by atoms with Crippen LogP contribution >= 0.6 is 11.8 Å². The second kappa shape index (κ2) is 9.68. The molecular weight excluding hydrogens is 282 g/mol. The van der Waals surface area contributed by atoms with Gasteiger partial charge in [0.15, 0.2) is 0 Å². The standard InChI is InChI=1S/C16H27N3OS/c1-3-5-10-19(14-8-6-7-13(17)12-14)16(20)15(18)9-11-21-4-2/h6-8,12,15H,3-5,9-11,17-18H2,1-2H3/t15-/m0/s1. The van der Waals surface area contributed by atoms with Gasteiger partial charge in [0.25, 0.3) is 0 Å². The van der Waals surface area contributed by atoms with E-state index in [-0.39, 0.29) is 5.91 Å². The number of nitrogens with zero attached hydrogens (tertiary/aromatic N) is 1. The van der Waals surface area contributed by atoms with Gasteiger partial charge in [-0.25, -0.2) is 0 Å². The molecule has 21 heavy (non-hydrogen) atoms. The second-order valence-electron chi connectivity index (χ2n) is 5.03. The van der Waals surface area contributed by atoms with E-state index in [1.165, 1.54) is 0 Å². The zero-order chi connectivity index (χ0) is 15.7. The Morgan fingerprint density at radius 1 is 1.38 bits per heavy atom. The van der Waals surface area contributed by atoms with Crippen LogP contribution in [-0.2, 0) is 4.79 Å². The predicted molar refractivity (Wildman–Crippen MR) is 93.7 cm³/mol. The van der Waals surface area contributed by atoms with E-state index in [0.717, 1.165) is 30.0 Å². The Balaban J connectivity index is 2.78. The monoisotopic (exact) mass is 309 g/mol. The molecule has 1 aromatic carbocycles. The van der Waals surface area contributed by atoms with E-state index < -0.39 is 6.04 Å². The lowest BCUT2D eigenvalue weighted by molar-refractivity contribution is -0.119. The van der Waals surface area contributed by atoms with Gasteiger partial charge < -0.3 is 16.4 Å². The Kier molecular flexibility index (Phi) is 8.23. The third-order valence-corrected chi connectivity index (χ3v) is 4.21. The van der Waals surface area contributed by atoms with Gasteiger partial charge in [-0.2, -0.15) is 11.8 Å². The van der Waals surface area contributed by atoms with E-state index in [9.17, 15) is 4.79 Å². The summed E-state index contributed by atoms with van der Waals surface area (Å²) in [5.41, 5.74) is 13.4. The van der Waals surface area contributed by atoms with Crippen LogP contribution in [0.4, 0.5) is 11.4 Å². The summed E-state index contributed by atoms with van der Waals surface area (Å²) < 4.78 is 0. The molecule has 0 heterocycles. The van der Waals surface area contributed by atoms with E-state index >= 15 is 0 Å². The van der Waals surface area contributed by atoms with Gasteiger partial charge in [-0.3, -0.25) is 4.79 Å². The van der Waals surface area contributed by atoms with Crippen LogP contribution in [0.25, 0.3) is 0 Å². The Hall–Kier alpha value is -1.20. The van der Waals surface area contributed by atoms with Gasteiger partial charge in [0.2, 0.25) is 5.91 Å². The van der Waals surface area contributed by atoms with Crippen molar-refractivity contribution in [3.8, 4) is 0 Å². The Bertz CT molecular complexity index is 439. The second-order valence-corrected chi connectivity index (χ2v) is 6.42. The van der Waals surface area contributed by atoms with E-state index in [1.807, 2.05) is 36.0 Å². The minimum Gasteiger partial charge on any atom is -0.399 e. The van der Waals surface area contributed by atoms with Crippen molar-refractivity contribution in [3.05, 3.63) is 24.3 Å². The van der Waals surface area contributed by atoms with E-state index in [1.54, 1.807) is 4.90 Å². The molecule has 0 bridgehead atoms. The fourth-order valence-corrected chi connectivity index (χ4v) is 2.76. The highest BCUT2D eigenvalue weighted by Gasteiger charge is 2.21. The van der Waals surface area contributed by atoms with Gasteiger partial charge >= 0.3 is 0 Å². The maximum absolute atomic E-state index is 12.6. The van der Waals surface area contributed by atoms with Crippen LogP contribution < -0.4 is 16.4 Å². The molecule has 0 radical (unpaired) electrons. The average molecular weight is 309 g/mol. The summed E-state index contributed by atoms with van der Waals surface area (Å²) in [6.07, 6.45) is 2.70. The van der Waals surface area contributed by atoms with E-state index in [2.05, 4.69) is 13.8 Å². The Morgan fingerprint density at radius 2 is 2.14 bits per heavy atom. The van der Waals surface area contributed by atoms with Crippen molar-refractivity contribution in [2.45, 2.75) is 39.2 Å². The highest BCUT2D eigenvalue weighted by Crippen LogP contribution is 2.19. The van der Waals surface area contributed by atoms with Gasteiger partial charge in [0.1, 0.15) is 0 Å². The van der Waals surface area contributed by atoms with Gasteiger partial charge in [-0.1, -0.05) is 26.3 Å². The first kappa shape index (κ1) is 17.9. The number of carbonyl (C=O) groups is 1. The summed E-state index contributed by atoms with van der Waals surface area (Å²) in [6, 6.07) is 7.00. The molecule has 4 nitrogen and oxygen atoms in total. The number of hydrogen-bond donors (Lipinski definition) is 2. The minimum atomic E-state index is -0.442. The molecule has 0 spiro atoms. The number of unbranched alkanes of at least 4 members (excludes halogenated alkanes) is 1. The molecule has 0 aliphatic carbocycles. The molecule has 0 aliphatic rings. The molecule has 0 saturated heterocycles. The van der Waals surface area contributed by atoms with Crippen LogP contribution in [0.1, 0.15) is 33.1 Å². The molecule has 1 aromatic rings. The van der Waals surface area contributed by atoms with Gasteiger partial charge in [-0.15, -0.1) is 0 Å². The zero-order valence-electron chi connectivity index (χ0n) is 13.0. The summed E-state index contributed by atoms with van der Waals surface area (Å²) in [5, 5.41) is 0. The first-order valence-corrected chi connectivity index (χ1v) is 8.75. The van der Waals surface area contributed by atoms with E-state index in [0.29, 0.717) is 18.7 Å². The molecular formula is C16H27N3OS. The number of thioether (sulfide) groups is 1. The molecule has 0 aliphatic heterocycles. The van der Waals surface area contributed by atoms with Gasteiger partial charge in [-0.05, 0) is 42.5 Å². The first-order valence-electron chi connectivity index (χ1n) is 7.60. The molecule has 1 rings (SSSR count). The SMILES string of the molecule is CCCCN(C(=O)[C@@H](N)CCSCC)c1cccc(N)c1. The van der Waals surface area contributed by atoms with Gasteiger partial charge in [0.05, 0.1) is 6.04 Å². The molecule has 0 saturated carbocycles. The van der Waals surface area contributed by atoms with Gasteiger partial charge in [0, 0.05) is 17.9 Å². The number of amides is 1. The van der Waals surface area contributed by atoms with Crippen LogP contribution in [0.2, 0.25) is 0 Å². The fraction of sp³-hybridized carbons (Fsp3) is 0.562. The maximum Gasteiger partial charge on any atom is 0.243 e. The Labute approximate surface area is 132 Å². The third kappa shape index (κ3) is 5.98. The summed E-state index contributed by atoms with van der Waals surface area (Å²) in [7, 11) is 0. The predicted octanol–water partition coefficient (Wildman–Crippen LogP) is 2.87. The molecule has 0 fully saturated rings. The smallest absolute Gasteiger partial charge is 0.243 e. The largest absolute Gasteiger partial charge is 0.399 e. The quantitative estimate of drug-likeness (QED) is 0.543. The van der Waals surface area contributed by atoms with Crippen LogP contribution in [0.3, 0.4) is 0 Å². The van der Waals surface area contributed by atoms with Crippen LogP contribution in [0, 0.1) is 0 Å². The topological polar surface area (TPSA) is 72.3 Å². The lowest BCUT2D eigenvalue weighted by Crippen LogP contribution is -2.44. The number of rotatable bonds is 9. The fourth-order valence-electron chi connectivity index (χ4n) is 2.05. The minimum absolute atomic E-state index is 0.00856. The number of nitrogens with two attached hydrogens (primary N) is 2. The number of benzene rings is 1. The molecule has 0 aromatic heterocycles. The van der Waals surface area contributed by atoms with Crippen molar-refractivity contribution in [1.29, 1.82) is 0 Å². The third-order valence-electron chi connectivity index (χ3n) is 3.28. The zero-order valence-corrected chi connectivity index (χ0v) is 13.9. The summed E-state index contributed by atoms with van der Waals surface area (Å²) in [5.74, 6) is 1.96. The van der Waals surface area contributed by atoms with Crippen molar-refractivity contribution in [2.24, 2.45) is 5.73 Å². The van der Waals surface area contributed by atoms with Crippen molar-refractivity contribution in [3.63, 3.8) is 0 Å². The highest BCUT2D eigenvalue weighted by atomic mass is 32.2. The lowest BCUT2D eigenvalue weighted by Gasteiger charge is -2.26.